The summed E-state index contributed by atoms with van der Waals surface area (Å²) in [5.74, 6) is 0. The van der Waals surface area contributed by atoms with Crippen LogP contribution in [0.5, 0.6) is 0 Å². The molecule has 0 spiro atoms. The topological polar surface area (TPSA) is 0 Å². The van der Waals surface area contributed by atoms with Crippen LogP contribution in [0.1, 0.15) is 35.1 Å². The first-order valence-electron chi connectivity index (χ1n) is 10.1. The zero-order valence-corrected chi connectivity index (χ0v) is 14.9. The summed E-state index contributed by atoms with van der Waals surface area (Å²) in [6, 6.07) is 19.3. The van der Waals surface area contributed by atoms with E-state index in [2.05, 4.69) is 48.5 Å². The molecular formula is C26H20. The molecule has 0 atom stereocenters. The van der Waals surface area contributed by atoms with Gasteiger partial charge in [-0.1, -0.05) is 48.5 Å². The van der Waals surface area contributed by atoms with E-state index in [1.54, 1.807) is 33.0 Å². The average Bonchev–Trinajstić information content (AvgIpc) is 2.70. The molecule has 5 aromatic carbocycles. The molecule has 0 heteroatoms. The molecule has 0 saturated carbocycles. The Morgan fingerprint density at radius 3 is 0.962 bits per heavy atom. The van der Waals surface area contributed by atoms with Gasteiger partial charge in [-0.3, -0.25) is 0 Å². The molecule has 0 heterocycles. The van der Waals surface area contributed by atoms with E-state index in [-0.39, 0.29) is 0 Å². The van der Waals surface area contributed by atoms with E-state index in [4.69, 9.17) is 0 Å². The highest BCUT2D eigenvalue weighted by molar-refractivity contribution is 6.34. The van der Waals surface area contributed by atoms with Crippen molar-refractivity contribution in [1.29, 1.82) is 0 Å². The van der Waals surface area contributed by atoms with Crippen LogP contribution in [0.15, 0.2) is 48.5 Å². The van der Waals surface area contributed by atoms with Crippen molar-refractivity contribution in [2.75, 3.05) is 0 Å². The minimum atomic E-state index is 1.23. The fourth-order valence-electron chi connectivity index (χ4n) is 5.96. The van der Waals surface area contributed by atoms with Gasteiger partial charge in [-0.15, -0.1) is 0 Å². The van der Waals surface area contributed by atoms with E-state index in [1.165, 1.54) is 70.8 Å². The molecule has 2 aliphatic rings. The largest absolute Gasteiger partial charge is 0.0578 e. The van der Waals surface area contributed by atoms with Gasteiger partial charge in [0.2, 0.25) is 0 Å². The number of hydrogen-bond acceptors (Lipinski definition) is 0. The third kappa shape index (κ3) is 1.49. The van der Waals surface area contributed by atoms with Crippen LogP contribution in [-0.4, -0.2) is 0 Å². The van der Waals surface area contributed by atoms with E-state index in [0.717, 1.165) is 0 Å². The summed E-state index contributed by atoms with van der Waals surface area (Å²) in [7, 11) is 0. The Morgan fingerprint density at radius 2 is 0.654 bits per heavy atom. The predicted octanol–water partition coefficient (Wildman–Crippen LogP) is 6.71. The summed E-state index contributed by atoms with van der Waals surface area (Å²) in [6.07, 6.45) is 7.50. The molecule has 2 aliphatic carbocycles. The molecule has 0 radical (unpaired) electrons. The van der Waals surface area contributed by atoms with Crippen molar-refractivity contribution in [1.82, 2.24) is 0 Å². The monoisotopic (exact) mass is 332 g/mol. The predicted molar refractivity (Wildman–Crippen MR) is 112 cm³/mol. The molecule has 0 aliphatic heterocycles. The standard InChI is InChI=1S/C26H20/c1-3-15-7-11-19-21-13-9-17-5-2-6-18-10-14-22(26(21)24(17)18)20-12-8-16(4-1)23(15)25(19)20/h7-14H,1-6H2. The van der Waals surface area contributed by atoms with Crippen LogP contribution in [0, 0.1) is 0 Å². The Morgan fingerprint density at radius 1 is 0.346 bits per heavy atom. The molecule has 0 saturated heterocycles. The van der Waals surface area contributed by atoms with Crippen LogP contribution in [0.3, 0.4) is 0 Å². The van der Waals surface area contributed by atoms with Crippen LogP contribution < -0.4 is 0 Å². The fourth-order valence-corrected chi connectivity index (χ4v) is 5.96. The number of benzene rings is 5. The lowest BCUT2D eigenvalue weighted by atomic mass is 9.80. The number of fused-ring (bicyclic) bond motifs is 2. The van der Waals surface area contributed by atoms with Crippen molar-refractivity contribution in [3.8, 4) is 0 Å². The fraction of sp³-hybridized carbons (Fsp3) is 0.231. The molecule has 0 N–H and O–H groups in total. The van der Waals surface area contributed by atoms with Crippen LogP contribution in [0.4, 0.5) is 0 Å². The minimum absolute atomic E-state index is 1.23. The normalized spacial score (nSPS) is 16.3. The van der Waals surface area contributed by atoms with E-state index < -0.39 is 0 Å². The minimum Gasteiger partial charge on any atom is -0.0578 e. The third-order valence-electron chi connectivity index (χ3n) is 7.03. The van der Waals surface area contributed by atoms with Gasteiger partial charge in [-0.2, -0.15) is 0 Å². The van der Waals surface area contributed by atoms with E-state index in [0.29, 0.717) is 0 Å². The van der Waals surface area contributed by atoms with Crippen LogP contribution in [0.2, 0.25) is 0 Å². The molecule has 0 nitrogen and oxygen atoms in total. The van der Waals surface area contributed by atoms with Gasteiger partial charge in [0.05, 0.1) is 0 Å². The maximum Gasteiger partial charge on any atom is -0.00208 e. The smallest absolute Gasteiger partial charge is 0.00208 e. The number of hydrogen-bond donors (Lipinski definition) is 0. The zero-order chi connectivity index (χ0) is 16.8. The molecule has 26 heavy (non-hydrogen) atoms. The van der Waals surface area contributed by atoms with Gasteiger partial charge in [0.25, 0.3) is 0 Å². The molecule has 0 amide bonds. The first-order valence-corrected chi connectivity index (χ1v) is 10.1. The second-order valence-electron chi connectivity index (χ2n) is 8.30. The van der Waals surface area contributed by atoms with Crippen molar-refractivity contribution >= 4 is 43.1 Å². The van der Waals surface area contributed by atoms with Gasteiger partial charge in [0.1, 0.15) is 0 Å². The summed E-state index contributed by atoms with van der Waals surface area (Å²) >= 11 is 0. The molecule has 0 aromatic heterocycles. The first kappa shape index (κ1) is 13.6. The van der Waals surface area contributed by atoms with Gasteiger partial charge in [-0.25, -0.2) is 0 Å². The summed E-state index contributed by atoms with van der Waals surface area (Å²) in [5, 5.41) is 12.0. The Labute approximate surface area is 152 Å². The van der Waals surface area contributed by atoms with Crippen LogP contribution in [-0.2, 0) is 25.7 Å². The summed E-state index contributed by atoms with van der Waals surface area (Å²) in [5.41, 5.74) is 6.23. The molecule has 0 unspecified atom stereocenters. The average molecular weight is 332 g/mol. The number of aryl methyl sites for hydroxylation is 4. The van der Waals surface area contributed by atoms with Gasteiger partial charge < -0.3 is 0 Å². The lowest BCUT2D eigenvalue weighted by molar-refractivity contribution is 0.808. The van der Waals surface area contributed by atoms with Crippen molar-refractivity contribution in [3.63, 3.8) is 0 Å². The summed E-state index contributed by atoms with van der Waals surface area (Å²) in [6.45, 7) is 0. The van der Waals surface area contributed by atoms with Crippen molar-refractivity contribution in [2.24, 2.45) is 0 Å². The summed E-state index contributed by atoms with van der Waals surface area (Å²) < 4.78 is 0. The zero-order valence-electron chi connectivity index (χ0n) is 14.9. The van der Waals surface area contributed by atoms with E-state index >= 15 is 0 Å². The van der Waals surface area contributed by atoms with E-state index in [1.807, 2.05) is 0 Å². The van der Waals surface area contributed by atoms with Gasteiger partial charge in [0, 0.05) is 0 Å². The highest BCUT2D eigenvalue weighted by Crippen LogP contribution is 2.45. The Hall–Kier alpha value is -2.60. The van der Waals surface area contributed by atoms with Gasteiger partial charge in [0.15, 0.2) is 0 Å². The molecule has 7 rings (SSSR count). The van der Waals surface area contributed by atoms with Crippen LogP contribution in [0.25, 0.3) is 43.1 Å². The van der Waals surface area contributed by atoms with E-state index in [9.17, 15) is 0 Å². The van der Waals surface area contributed by atoms with Crippen molar-refractivity contribution in [2.45, 2.75) is 38.5 Å². The second-order valence-corrected chi connectivity index (χ2v) is 8.30. The SMILES string of the molecule is c1cc2c3ccc4c5c(ccc(c6ccc7c(c1CCC7)c26)c53)CCC4. The molecule has 124 valence electrons. The lowest BCUT2D eigenvalue weighted by Crippen LogP contribution is -2.04. The highest BCUT2D eigenvalue weighted by Gasteiger charge is 2.21. The van der Waals surface area contributed by atoms with Crippen LogP contribution >= 0.6 is 0 Å². The maximum atomic E-state index is 2.41. The van der Waals surface area contributed by atoms with Gasteiger partial charge >= 0.3 is 0 Å². The quantitative estimate of drug-likeness (QED) is 0.218. The molecular weight excluding hydrogens is 312 g/mol. The third-order valence-corrected chi connectivity index (χ3v) is 7.03. The summed E-state index contributed by atoms with van der Waals surface area (Å²) in [4.78, 5) is 0. The maximum absolute atomic E-state index is 2.41. The lowest BCUT2D eigenvalue weighted by Gasteiger charge is -2.24. The molecule has 0 bridgehead atoms. The Kier molecular flexibility index (Phi) is 2.39. The number of rotatable bonds is 0. The van der Waals surface area contributed by atoms with Gasteiger partial charge in [-0.05, 0) is 104 Å². The first-order chi connectivity index (χ1) is 12.9. The molecule has 5 aromatic rings. The molecule has 0 fully saturated rings. The Balaban J connectivity index is 1.84. The Bertz CT molecular complexity index is 1170. The second kappa shape index (κ2) is 4.57. The van der Waals surface area contributed by atoms with Crippen molar-refractivity contribution < 1.29 is 0 Å². The van der Waals surface area contributed by atoms with Crippen molar-refractivity contribution in [3.05, 3.63) is 70.8 Å². The highest BCUT2D eigenvalue weighted by atomic mass is 14.2.